The van der Waals surface area contributed by atoms with E-state index in [2.05, 4.69) is 19.1 Å². The predicted octanol–water partition coefficient (Wildman–Crippen LogP) is 5.81. The zero-order valence-electron chi connectivity index (χ0n) is 20.0. The van der Waals surface area contributed by atoms with Crippen LogP contribution in [0.3, 0.4) is 0 Å². The minimum atomic E-state index is -1.54. The van der Waals surface area contributed by atoms with Crippen LogP contribution in [0.15, 0.2) is 36.4 Å². The van der Waals surface area contributed by atoms with Gasteiger partial charge >= 0.3 is 5.97 Å². The summed E-state index contributed by atoms with van der Waals surface area (Å²) in [6, 6.07) is 6.26. The lowest BCUT2D eigenvalue weighted by atomic mass is 10.1. The zero-order chi connectivity index (χ0) is 23.4. The predicted molar refractivity (Wildman–Crippen MR) is 131 cm³/mol. The smallest absolute Gasteiger partial charge is 0.311 e. The number of aliphatic hydroxyl groups excluding tert-OH is 1. The molecule has 0 saturated heterocycles. The first kappa shape index (κ1) is 28.3. The first-order valence-corrected chi connectivity index (χ1v) is 12.6. The molecule has 0 spiro atoms. The highest BCUT2D eigenvalue weighted by Crippen LogP contribution is 2.16. The maximum atomic E-state index is 12.0. The van der Waals surface area contributed by atoms with Crippen molar-refractivity contribution >= 4 is 5.97 Å². The normalized spacial score (nSPS) is 12.5. The summed E-state index contributed by atoms with van der Waals surface area (Å²) in [6.45, 7) is 2.26. The summed E-state index contributed by atoms with van der Waals surface area (Å²) in [5.74, 6) is 0.294. The van der Waals surface area contributed by atoms with Crippen molar-refractivity contribution in [3.05, 3.63) is 42.0 Å². The molecule has 0 aromatic heterocycles. The number of allylic oxidation sites excluding steroid dienone is 2. The molecule has 0 aliphatic rings. The number of aliphatic hydroxyl groups is 2. The van der Waals surface area contributed by atoms with E-state index in [1.807, 2.05) is 0 Å². The number of hydrogen-bond acceptors (Lipinski definition) is 5. The summed E-state index contributed by atoms with van der Waals surface area (Å²) < 4.78 is 5.36. The third-order valence-electron chi connectivity index (χ3n) is 5.65. The number of hydrogen-bond donors (Lipinski definition) is 3. The van der Waals surface area contributed by atoms with Crippen LogP contribution in [0.4, 0.5) is 0 Å². The van der Waals surface area contributed by atoms with E-state index >= 15 is 0 Å². The third kappa shape index (κ3) is 15.2. The molecule has 1 atom stereocenters. The number of nitrogens with two attached hydrogens (primary N) is 1. The zero-order valence-corrected chi connectivity index (χ0v) is 20.0. The number of rotatable bonds is 19. The Bertz CT molecular complexity index is 613. The van der Waals surface area contributed by atoms with Gasteiger partial charge in [-0.25, -0.2) is 0 Å². The van der Waals surface area contributed by atoms with Crippen molar-refractivity contribution in [1.82, 2.24) is 0 Å². The highest BCUT2D eigenvalue weighted by molar-refractivity contribution is 5.72. The highest BCUT2D eigenvalue weighted by Gasteiger charge is 2.12. The number of unbranched alkanes of at least 4 members (excludes halogenated alkanes) is 11. The van der Waals surface area contributed by atoms with Crippen LogP contribution in [-0.2, 0) is 11.2 Å². The molecule has 0 saturated carbocycles. The SMILES string of the molecule is CCCCCCCCC=CCCCCCCCC(=O)Oc1ccc(C[C@H](N)C(O)O)cc1. The number of esters is 1. The molecule has 1 aromatic rings. The standard InChI is InChI=1S/C27H45NO4/c1-2-3-4-5-6-7-8-9-10-11-12-13-14-15-16-17-26(29)32-24-20-18-23(19-21-24)22-25(28)27(30)31/h9-10,18-21,25,27,30-31H,2-8,11-17,22,28H2,1H3/t25-/m0/s1. The Balaban J connectivity index is 1.99. The summed E-state index contributed by atoms with van der Waals surface area (Å²) in [5.41, 5.74) is 6.49. The Labute approximate surface area is 195 Å². The van der Waals surface area contributed by atoms with Crippen LogP contribution in [0.2, 0.25) is 0 Å². The van der Waals surface area contributed by atoms with E-state index in [0.29, 0.717) is 18.6 Å². The van der Waals surface area contributed by atoms with Crippen molar-refractivity contribution in [3.8, 4) is 5.75 Å². The van der Waals surface area contributed by atoms with E-state index in [1.165, 1.54) is 57.8 Å². The second-order valence-corrected chi connectivity index (χ2v) is 8.73. The molecule has 0 unspecified atom stereocenters. The van der Waals surface area contributed by atoms with Gasteiger partial charge in [0.1, 0.15) is 5.75 Å². The summed E-state index contributed by atoms with van der Waals surface area (Å²) in [6.07, 6.45) is 19.9. The molecule has 1 rings (SSSR count). The molecule has 32 heavy (non-hydrogen) atoms. The third-order valence-corrected chi connectivity index (χ3v) is 5.65. The molecule has 0 aliphatic carbocycles. The van der Waals surface area contributed by atoms with Gasteiger partial charge in [-0.2, -0.15) is 0 Å². The van der Waals surface area contributed by atoms with Gasteiger partial charge in [-0.3, -0.25) is 4.79 Å². The molecule has 0 radical (unpaired) electrons. The van der Waals surface area contributed by atoms with Crippen molar-refractivity contribution in [2.75, 3.05) is 0 Å². The van der Waals surface area contributed by atoms with Gasteiger partial charge in [0.2, 0.25) is 0 Å². The minimum absolute atomic E-state index is 0.210. The molecular weight excluding hydrogens is 402 g/mol. The van der Waals surface area contributed by atoms with Crippen LogP contribution in [0, 0.1) is 0 Å². The fourth-order valence-electron chi connectivity index (χ4n) is 3.59. The molecule has 0 bridgehead atoms. The first-order valence-electron chi connectivity index (χ1n) is 12.6. The van der Waals surface area contributed by atoms with E-state index in [4.69, 9.17) is 20.7 Å². The molecule has 0 heterocycles. The molecule has 0 amide bonds. The number of carbonyl (C=O) groups is 1. The Kier molecular flexibility index (Phi) is 16.7. The van der Waals surface area contributed by atoms with Crippen LogP contribution >= 0.6 is 0 Å². The Morgan fingerprint density at radius 1 is 0.875 bits per heavy atom. The Morgan fingerprint density at radius 3 is 1.97 bits per heavy atom. The van der Waals surface area contributed by atoms with Gasteiger partial charge in [0.05, 0.1) is 6.04 Å². The van der Waals surface area contributed by atoms with E-state index in [0.717, 1.165) is 31.2 Å². The molecule has 0 aliphatic heterocycles. The second-order valence-electron chi connectivity index (χ2n) is 8.73. The molecule has 1 aromatic carbocycles. The van der Waals surface area contributed by atoms with Gasteiger partial charge in [0.25, 0.3) is 0 Å². The molecule has 182 valence electrons. The summed E-state index contributed by atoms with van der Waals surface area (Å²) in [5, 5.41) is 18.1. The molecule has 0 fully saturated rings. The lowest BCUT2D eigenvalue weighted by molar-refractivity contribution is -0.134. The molecular formula is C27H45NO4. The molecule has 4 N–H and O–H groups in total. The van der Waals surface area contributed by atoms with Gasteiger partial charge in [-0.1, -0.05) is 82.6 Å². The van der Waals surface area contributed by atoms with Crippen LogP contribution in [-0.4, -0.2) is 28.5 Å². The topological polar surface area (TPSA) is 92.8 Å². The quantitative estimate of drug-likeness (QED) is 0.0818. The average Bonchev–Trinajstić information content (AvgIpc) is 2.77. The number of carbonyl (C=O) groups excluding carboxylic acids is 1. The van der Waals surface area contributed by atoms with Gasteiger partial charge in [-0.05, 0) is 56.2 Å². The Morgan fingerprint density at radius 2 is 1.41 bits per heavy atom. The lowest BCUT2D eigenvalue weighted by Crippen LogP contribution is -2.36. The lowest BCUT2D eigenvalue weighted by Gasteiger charge is -2.13. The van der Waals surface area contributed by atoms with Gasteiger partial charge in [0, 0.05) is 6.42 Å². The fraction of sp³-hybridized carbons (Fsp3) is 0.667. The monoisotopic (exact) mass is 447 g/mol. The van der Waals surface area contributed by atoms with E-state index in [1.54, 1.807) is 24.3 Å². The average molecular weight is 448 g/mol. The van der Waals surface area contributed by atoms with Gasteiger partial charge in [0.15, 0.2) is 6.29 Å². The Hall–Kier alpha value is -1.69. The van der Waals surface area contributed by atoms with Gasteiger partial charge in [-0.15, -0.1) is 0 Å². The van der Waals surface area contributed by atoms with Crippen LogP contribution in [0.5, 0.6) is 5.75 Å². The molecule has 5 heteroatoms. The summed E-state index contributed by atoms with van der Waals surface area (Å²) in [4.78, 5) is 12.0. The minimum Gasteiger partial charge on any atom is -0.427 e. The summed E-state index contributed by atoms with van der Waals surface area (Å²) >= 11 is 0. The van der Waals surface area contributed by atoms with Crippen LogP contribution in [0.25, 0.3) is 0 Å². The van der Waals surface area contributed by atoms with Crippen molar-refractivity contribution in [3.63, 3.8) is 0 Å². The van der Waals surface area contributed by atoms with Crippen molar-refractivity contribution < 1.29 is 19.7 Å². The van der Waals surface area contributed by atoms with E-state index < -0.39 is 12.3 Å². The van der Waals surface area contributed by atoms with Crippen LogP contribution < -0.4 is 10.5 Å². The highest BCUT2D eigenvalue weighted by atomic mass is 16.5. The van der Waals surface area contributed by atoms with E-state index in [9.17, 15) is 4.79 Å². The maximum absolute atomic E-state index is 12.0. The maximum Gasteiger partial charge on any atom is 0.311 e. The first-order chi connectivity index (χ1) is 15.5. The molecule has 5 nitrogen and oxygen atoms in total. The summed E-state index contributed by atoms with van der Waals surface area (Å²) in [7, 11) is 0. The van der Waals surface area contributed by atoms with Crippen molar-refractivity contribution in [2.45, 2.75) is 116 Å². The van der Waals surface area contributed by atoms with Crippen molar-refractivity contribution in [1.29, 1.82) is 0 Å². The number of benzene rings is 1. The van der Waals surface area contributed by atoms with E-state index in [-0.39, 0.29) is 5.97 Å². The van der Waals surface area contributed by atoms with Gasteiger partial charge < -0.3 is 20.7 Å². The fourth-order valence-corrected chi connectivity index (χ4v) is 3.59. The number of ether oxygens (including phenoxy) is 1. The van der Waals surface area contributed by atoms with Crippen molar-refractivity contribution in [2.24, 2.45) is 5.73 Å². The van der Waals surface area contributed by atoms with Crippen LogP contribution in [0.1, 0.15) is 102 Å². The largest absolute Gasteiger partial charge is 0.427 e. The second kappa shape index (κ2) is 18.8.